The van der Waals surface area contributed by atoms with Crippen molar-refractivity contribution in [3.63, 3.8) is 0 Å². The summed E-state index contributed by atoms with van der Waals surface area (Å²) >= 11 is 14.3. The average Bonchev–Trinajstić information content (AvgIpc) is 3.53. The Morgan fingerprint density at radius 2 is 1.31 bits per heavy atom. The lowest BCUT2D eigenvalue weighted by Crippen LogP contribution is -2.60. The van der Waals surface area contributed by atoms with Gasteiger partial charge in [-0.25, -0.2) is 31.8 Å². The number of carbonyl (C=O) groups excluding carboxylic acids is 4. The molecule has 2 saturated heterocycles. The van der Waals surface area contributed by atoms with E-state index in [9.17, 15) is 57.7 Å². The maximum absolute atomic E-state index is 15.4. The minimum atomic E-state index is -2.93. The molecule has 6 unspecified atom stereocenters. The fourth-order valence-electron chi connectivity index (χ4n) is 8.73. The molecule has 3 aromatic rings. The van der Waals surface area contributed by atoms with E-state index in [1.54, 1.807) is 0 Å². The van der Waals surface area contributed by atoms with E-state index in [0.29, 0.717) is 4.90 Å². The number of phenols is 1. The Morgan fingerprint density at radius 1 is 0.797 bits per heavy atom. The van der Waals surface area contributed by atoms with Crippen molar-refractivity contribution in [2.24, 2.45) is 17.8 Å². The normalized spacial score (nSPS) is 26.1. The summed E-state index contributed by atoms with van der Waals surface area (Å²) in [4.78, 5) is 75.5. The first-order valence-corrected chi connectivity index (χ1v) is 17.8. The van der Waals surface area contributed by atoms with Gasteiger partial charge in [0.2, 0.25) is 23.4 Å². The lowest BCUT2D eigenvalue weighted by molar-refractivity contribution is -0.392. The molecule has 4 aliphatic rings. The van der Waals surface area contributed by atoms with Gasteiger partial charge in [-0.3, -0.25) is 39.4 Å². The van der Waals surface area contributed by atoms with E-state index >= 15 is 8.78 Å². The van der Waals surface area contributed by atoms with Crippen LogP contribution < -0.4 is 24.2 Å². The molecule has 3 fully saturated rings. The van der Waals surface area contributed by atoms with Gasteiger partial charge in [-0.15, -0.1) is 23.2 Å². The van der Waals surface area contributed by atoms with Gasteiger partial charge in [-0.2, -0.15) is 0 Å². The van der Waals surface area contributed by atoms with E-state index in [0.717, 1.165) is 43.4 Å². The van der Waals surface area contributed by atoms with Crippen LogP contribution in [-0.2, 0) is 19.2 Å². The van der Waals surface area contributed by atoms with Crippen molar-refractivity contribution in [2.75, 3.05) is 43.0 Å². The Kier molecular flexibility index (Phi) is 9.58. The van der Waals surface area contributed by atoms with E-state index in [1.807, 2.05) is 0 Å². The Morgan fingerprint density at radius 3 is 1.78 bits per heavy atom. The van der Waals surface area contributed by atoms with Crippen LogP contribution in [-0.4, -0.2) is 76.6 Å². The second-order valence-electron chi connectivity index (χ2n) is 14.2. The van der Waals surface area contributed by atoms with Crippen LogP contribution >= 0.6 is 23.2 Å². The number of imide groups is 2. The third-order valence-electron chi connectivity index (χ3n) is 11.2. The van der Waals surface area contributed by atoms with E-state index in [-0.39, 0.29) is 34.0 Å². The molecule has 0 aromatic heterocycles. The first-order chi connectivity index (χ1) is 27.6. The number of amides is 4. The van der Waals surface area contributed by atoms with Crippen molar-refractivity contribution < 1.29 is 65.6 Å². The number of aromatic hydroxyl groups is 1. The molecule has 2 aliphatic heterocycles. The summed E-state index contributed by atoms with van der Waals surface area (Å²) in [5.41, 5.74) is -4.82. The zero-order chi connectivity index (χ0) is 43.5. The number of phenolic OH excluding ortho intramolecular Hbond substituents is 1. The molecule has 4 amide bonds. The predicted molar refractivity (Wildman–Crippen MR) is 194 cm³/mol. The third-order valence-corrected chi connectivity index (χ3v) is 12.6. The highest BCUT2D eigenvalue weighted by Gasteiger charge is 2.77. The Hall–Kier alpha value is -6.09. The standard InChI is InChI=1S/C36H26Cl2F5N5O11/c1-44(2)28-17(47(54)55)9-13(10-18(28)48(56)57)45-31(50)15-6-5-14-16(21(15)32(45)51)11-35(37)33(52)46(29-26(42)24(40)23(39)25(41)27(29)43)34(53)36(35,38)22(14)12-7-19(58-3)30(49)20(8-12)59-4/h5,7-10,15-16,21-22,49H,6,11H2,1-4H3. The summed E-state index contributed by atoms with van der Waals surface area (Å²) < 4.78 is 84.6. The quantitative estimate of drug-likeness (QED) is 0.0420. The lowest BCUT2D eigenvalue weighted by atomic mass is 9.56. The summed E-state index contributed by atoms with van der Waals surface area (Å²) in [5.74, 6) is -25.7. The van der Waals surface area contributed by atoms with Crippen LogP contribution in [0.25, 0.3) is 0 Å². The Labute approximate surface area is 337 Å². The van der Waals surface area contributed by atoms with Gasteiger partial charge in [0.15, 0.2) is 50.2 Å². The number of nitrogens with zero attached hydrogens (tertiary/aromatic N) is 5. The van der Waals surface area contributed by atoms with Crippen LogP contribution in [0.5, 0.6) is 17.2 Å². The lowest BCUT2D eigenvalue weighted by Gasteiger charge is -2.50. The molecule has 7 rings (SSSR count). The van der Waals surface area contributed by atoms with Gasteiger partial charge in [-0.05, 0) is 36.5 Å². The number of nitro benzene ring substituents is 2. The zero-order valence-electron chi connectivity index (χ0n) is 30.5. The van der Waals surface area contributed by atoms with Gasteiger partial charge in [0.25, 0.3) is 11.8 Å². The molecule has 3 aromatic carbocycles. The molecule has 16 nitrogen and oxygen atoms in total. The highest BCUT2D eigenvalue weighted by molar-refractivity contribution is 6.58. The average molecular weight is 871 g/mol. The van der Waals surface area contributed by atoms with Gasteiger partial charge in [0.1, 0.15) is 5.69 Å². The van der Waals surface area contributed by atoms with Crippen LogP contribution in [0.4, 0.5) is 50.4 Å². The minimum absolute atomic E-state index is 0.00986. The van der Waals surface area contributed by atoms with Crippen molar-refractivity contribution in [1.82, 2.24) is 0 Å². The molecule has 59 heavy (non-hydrogen) atoms. The fourth-order valence-corrected chi connectivity index (χ4v) is 9.67. The van der Waals surface area contributed by atoms with Crippen molar-refractivity contribution in [1.29, 1.82) is 0 Å². The molecule has 2 heterocycles. The van der Waals surface area contributed by atoms with Crippen molar-refractivity contribution in [3.05, 3.63) is 90.8 Å². The molecule has 6 atom stereocenters. The molecular weight excluding hydrogens is 844 g/mol. The Balaban J connectivity index is 1.45. The molecule has 2 aliphatic carbocycles. The molecule has 310 valence electrons. The van der Waals surface area contributed by atoms with Crippen molar-refractivity contribution in [2.45, 2.75) is 28.5 Å². The second-order valence-corrected chi connectivity index (χ2v) is 15.5. The molecule has 1 N–H and O–H groups in total. The summed E-state index contributed by atoms with van der Waals surface area (Å²) in [5, 5.41) is 35.0. The number of halogens is 7. The van der Waals surface area contributed by atoms with Crippen molar-refractivity contribution in [3.8, 4) is 17.2 Å². The Bertz CT molecular complexity index is 2440. The maximum atomic E-state index is 15.4. The molecule has 0 bridgehead atoms. The maximum Gasteiger partial charge on any atom is 0.301 e. The number of anilines is 3. The van der Waals surface area contributed by atoms with Crippen LogP contribution in [0.2, 0.25) is 0 Å². The number of allylic oxidation sites excluding steroid dienone is 2. The van der Waals surface area contributed by atoms with E-state index < -0.39 is 137 Å². The molecular formula is C36H26Cl2F5N5O11. The second kappa shape index (κ2) is 13.8. The number of ether oxygens (including phenoxy) is 2. The van der Waals surface area contributed by atoms with Gasteiger partial charge < -0.3 is 19.5 Å². The summed E-state index contributed by atoms with van der Waals surface area (Å²) in [6.45, 7) is 0. The molecule has 0 radical (unpaired) electrons. The minimum Gasteiger partial charge on any atom is -0.502 e. The third kappa shape index (κ3) is 5.39. The number of nitro groups is 2. The van der Waals surface area contributed by atoms with Gasteiger partial charge in [0.05, 0.1) is 41.6 Å². The van der Waals surface area contributed by atoms with Gasteiger partial charge >= 0.3 is 11.4 Å². The monoisotopic (exact) mass is 869 g/mol. The number of carbonyl (C=O) groups is 4. The SMILES string of the molecule is COc1cc(C2C3=CCC4C(=O)N(c5cc([N+](=O)[O-])c(N(C)C)c([N+](=O)[O-])c5)C(=O)C4C3CC3(Cl)C(=O)N(c4c(F)c(F)c(F)c(F)c4F)C(=O)C23Cl)cc(OC)c1O. The summed E-state index contributed by atoms with van der Waals surface area (Å²) in [6, 6.07) is 3.82. The number of hydrogen-bond donors (Lipinski definition) is 1. The van der Waals surface area contributed by atoms with E-state index in [2.05, 4.69) is 0 Å². The number of hydrogen-bond acceptors (Lipinski definition) is 12. The van der Waals surface area contributed by atoms with Crippen LogP contribution in [0.3, 0.4) is 0 Å². The number of methoxy groups -OCH3 is 2. The highest BCUT2D eigenvalue weighted by Crippen LogP contribution is 2.67. The summed E-state index contributed by atoms with van der Waals surface area (Å²) in [6.07, 6.45) is 0.152. The first kappa shape index (κ1) is 41.1. The fraction of sp³-hybridized carbons (Fsp3) is 0.333. The number of benzene rings is 3. The number of rotatable bonds is 8. The van der Waals surface area contributed by atoms with Gasteiger partial charge in [-0.1, -0.05) is 11.6 Å². The van der Waals surface area contributed by atoms with Crippen LogP contribution in [0, 0.1) is 67.1 Å². The predicted octanol–water partition coefficient (Wildman–Crippen LogP) is 5.76. The smallest absolute Gasteiger partial charge is 0.301 e. The van der Waals surface area contributed by atoms with E-state index in [4.69, 9.17) is 32.7 Å². The topological polar surface area (TPSA) is 203 Å². The van der Waals surface area contributed by atoms with Crippen molar-refractivity contribution >= 4 is 75.3 Å². The molecule has 0 spiro atoms. The number of fused-ring (bicyclic) bond motifs is 4. The number of alkyl halides is 2. The molecule has 1 saturated carbocycles. The van der Waals surface area contributed by atoms with Crippen LogP contribution in [0.1, 0.15) is 24.3 Å². The largest absolute Gasteiger partial charge is 0.502 e. The van der Waals surface area contributed by atoms with Crippen LogP contribution in [0.15, 0.2) is 35.9 Å². The zero-order valence-corrected chi connectivity index (χ0v) is 32.0. The first-order valence-electron chi connectivity index (χ1n) is 17.1. The summed E-state index contributed by atoms with van der Waals surface area (Å²) in [7, 11) is 4.84. The highest BCUT2D eigenvalue weighted by atomic mass is 35.5. The van der Waals surface area contributed by atoms with E-state index in [1.165, 1.54) is 20.2 Å². The molecule has 23 heteroatoms. The van der Waals surface area contributed by atoms with Gasteiger partial charge in [0, 0.05) is 32.1 Å².